The molecule has 0 atom stereocenters. The van der Waals surface area contributed by atoms with Gasteiger partial charge in [-0.25, -0.2) is 4.79 Å². The summed E-state index contributed by atoms with van der Waals surface area (Å²) < 4.78 is 10.3. The fourth-order valence-corrected chi connectivity index (χ4v) is 2.07. The number of aliphatic hydroxyl groups is 1. The zero-order valence-corrected chi connectivity index (χ0v) is 10.6. The largest absolute Gasteiger partial charge is 0.460 e. The first-order valence-electron chi connectivity index (χ1n) is 6.35. The van der Waals surface area contributed by atoms with Gasteiger partial charge in [-0.1, -0.05) is 0 Å². The zero-order valence-electron chi connectivity index (χ0n) is 10.6. The second-order valence-electron chi connectivity index (χ2n) is 4.49. The van der Waals surface area contributed by atoms with Crippen LogP contribution in [0.25, 0.3) is 0 Å². The molecule has 1 aliphatic rings. The van der Waals surface area contributed by atoms with Gasteiger partial charge in [0.25, 0.3) is 0 Å². The number of hydrogen-bond donors (Lipinski definition) is 1. The number of furan rings is 1. The molecule has 1 saturated heterocycles. The van der Waals surface area contributed by atoms with E-state index < -0.39 is 5.97 Å². The lowest BCUT2D eigenvalue weighted by Crippen LogP contribution is -2.35. The van der Waals surface area contributed by atoms with Crippen LogP contribution in [-0.2, 0) is 11.3 Å². The number of hydrogen-bond acceptors (Lipinski definition) is 5. The zero-order chi connectivity index (χ0) is 13.0. The molecule has 100 valence electrons. The molecule has 0 aliphatic carbocycles. The molecule has 2 rings (SSSR count). The minimum atomic E-state index is -0.419. The second-order valence-corrected chi connectivity index (χ2v) is 4.49. The van der Waals surface area contributed by atoms with Gasteiger partial charge in [0.2, 0.25) is 5.76 Å². The van der Waals surface area contributed by atoms with E-state index in [9.17, 15) is 9.90 Å². The van der Waals surface area contributed by atoms with E-state index in [0.717, 1.165) is 31.7 Å². The highest BCUT2D eigenvalue weighted by atomic mass is 16.5. The number of likely N-dealkylation sites (tertiary alicyclic amines) is 1. The fraction of sp³-hybridized carbons (Fsp3) is 0.615. The van der Waals surface area contributed by atoms with Gasteiger partial charge in [-0.15, -0.1) is 0 Å². The van der Waals surface area contributed by atoms with E-state index in [1.165, 1.54) is 0 Å². The van der Waals surface area contributed by atoms with E-state index in [2.05, 4.69) is 4.90 Å². The highest BCUT2D eigenvalue weighted by molar-refractivity contribution is 5.86. The molecule has 1 aromatic rings. The quantitative estimate of drug-likeness (QED) is 0.822. The molecule has 2 heterocycles. The molecule has 18 heavy (non-hydrogen) atoms. The Morgan fingerprint density at radius 3 is 2.89 bits per heavy atom. The molecule has 0 aromatic carbocycles. The number of carbonyl (C=O) groups is 1. The Kier molecular flexibility index (Phi) is 4.38. The molecule has 0 saturated carbocycles. The Morgan fingerprint density at radius 1 is 1.50 bits per heavy atom. The lowest BCUT2D eigenvalue weighted by molar-refractivity contribution is 0.0483. The maximum atomic E-state index is 11.4. The monoisotopic (exact) mass is 253 g/mol. The third-order valence-electron chi connectivity index (χ3n) is 3.07. The normalized spacial score (nSPS) is 17.9. The van der Waals surface area contributed by atoms with Gasteiger partial charge in [-0.05, 0) is 31.9 Å². The summed E-state index contributed by atoms with van der Waals surface area (Å²) in [6, 6.07) is 3.45. The Bertz CT molecular complexity index is 393. The molecule has 5 heteroatoms. The Hall–Kier alpha value is -1.33. The topological polar surface area (TPSA) is 62.9 Å². The number of esters is 1. The fourth-order valence-electron chi connectivity index (χ4n) is 2.07. The lowest BCUT2D eigenvalue weighted by atomic mass is 10.1. The van der Waals surface area contributed by atoms with E-state index >= 15 is 0 Å². The average Bonchev–Trinajstić information content (AvgIpc) is 2.81. The number of carbonyl (C=O) groups excluding carboxylic acids is 1. The highest BCUT2D eigenvalue weighted by Crippen LogP contribution is 2.16. The van der Waals surface area contributed by atoms with Crippen LogP contribution < -0.4 is 0 Å². The van der Waals surface area contributed by atoms with Crippen molar-refractivity contribution < 1.29 is 19.1 Å². The summed E-state index contributed by atoms with van der Waals surface area (Å²) in [6.07, 6.45) is 1.42. The van der Waals surface area contributed by atoms with E-state index in [1.807, 2.05) is 0 Å². The summed E-state index contributed by atoms with van der Waals surface area (Å²) in [4.78, 5) is 13.6. The van der Waals surface area contributed by atoms with Crippen LogP contribution in [0.4, 0.5) is 0 Å². The van der Waals surface area contributed by atoms with E-state index in [1.54, 1.807) is 19.1 Å². The molecule has 1 fully saturated rings. The molecule has 0 bridgehead atoms. The van der Waals surface area contributed by atoms with Gasteiger partial charge < -0.3 is 14.3 Å². The number of nitrogens with zero attached hydrogens (tertiary/aromatic N) is 1. The number of ether oxygens (including phenoxy) is 1. The number of piperidine rings is 1. The van der Waals surface area contributed by atoms with Crippen molar-refractivity contribution in [1.82, 2.24) is 4.90 Å². The minimum absolute atomic E-state index is 0.173. The molecular formula is C13H19NO4. The molecular weight excluding hydrogens is 234 g/mol. The molecule has 0 radical (unpaired) electrons. The first-order chi connectivity index (χ1) is 8.69. The molecule has 0 unspecified atom stereocenters. The van der Waals surface area contributed by atoms with Crippen molar-refractivity contribution in [3.8, 4) is 0 Å². The van der Waals surface area contributed by atoms with Crippen LogP contribution in [0.15, 0.2) is 16.5 Å². The predicted octanol–water partition coefficient (Wildman–Crippen LogP) is 1.41. The first kappa shape index (κ1) is 13.1. The standard InChI is InChI=1S/C13H19NO4/c1-2-17-13(16)12-4-3-11(18-12)9-14-7-5-10(15)6-8-14/h3-4,10,15H,2,5-9H2,1H3. The molecule has 0 amide bonds. The van der Waals surface area contributed by atoms with Gasteiger partial charge in [-0.2, -0.15) is 0 Å². The molecule has 1 aliphatic heterocycles. The molecule has 1 N–H and O–H groups in total. The van der Waals surface area contributed by atoms with Gasteiger partial charge in [0.05, 0.1) is 19.3 Å². The summed E-state index contributed by atoms with van der Waals surface area (Å²) >= 11 is 0. The molecule has 5 nitrogen and oxygen atoms in total. The van der Waals surface area contributed by atoms with Crippen molar-refractivity contribution in [2.45, 2.75) is 32.4 Å². The molecule has 1 aromatic heterocycles. The van der Waals surface area contributed by atoms with Gasteiger partial charge in [0.15, 0.2) is 0 Å². The molecule has 0 spiro atoms. The van der Waals surface area contributed by atoms with Gasteiger partial charge in [0, 0.05) is 13.1 Å². The van der Waals surface area contributed by atoms with Crippen LogP contribution in [0, 0.1) is 0 Å². The maximum absolute atomic E-state index is 11.4. The Balaban J connectivity index is 1.88. The van der Waals surface area contributed by atoms with Gasteiger partial charge >= 0.3 is 5.97 Å². The smallest absolute Gasteiger partial charge is 0.374 e. The Labute approximate surface area is 106 Å². The average molecular weight is 253 g/mol. The van der Waals surface area contributed by atoms with Crippen LogP contribution in [0.2, 0.25) is 0 Å². The van der Waals surface area contributed by atoms with Crippen molar-refractivity contribution in [3.63, 3.8) is 0 Å². The second kappa shape index (κ2) is 6.02. The van der Waals surface area contributed by atoms with E-state index in [-0.39, 0.29) is 11.9 Å². The third kappa shape index (κ3) is 3.34. The summed E-state index contributed by atoms with van der Waals surface area (Å²) in [5.74, 6) is 0.594. The van der Waals surface area contributed by atoms with Crippen LogP contribution in [0.5, 0.6) is 0 Å². The summed E-state index contributed by atoms with van der Waals surface area (Å²) in [7, 11) is 0. The minimum Gasteiger partial charge on any atom is -0.460 e. The van der Waals surface area contributed by atoms with Crippen LogP contribution in [0.3, 0.4) is 0 Å². The summed E-state index contributed by atoms with van der Waals surface area (Å²) in [5, 5.41) is 9.42. The van der Waals surface area contributed by atoms with Gasteiger partial charge in [0.1, 0.15) is 5.76 Å². The van der Waals surface area contributed by atoms with E-state index in [0.29, 0.717) is 13.2 Å². The first-order valence-corrected chi connectivity index (χ1v) is 6.35. The van der Waals surface area contributed by atoms with Crippen molar-refractivity contribution in [2.75, 3.05) is 19.7 Å². The third-order valence-corrected chi connectivity index (χ3v) is 3.07. The van der Waals surface area contributed by atoms with E-state index in [4.69, 9.17) is 9.15 Å². The van der Waals surface area contributed by atoms with Crippen LogP contribution >= 0.6 is 0 Å². The number of rotatable bonds is 4. The van der Waals surface area contributed by atoms with Crippen LogP contribution in [-0.4, -0.2) is 41.8 Å². The highest BCUT2D eigenvalue weighted by Gasteiger charge is 2.19. The van der Waals surface area contributed by atoms with Crippen molar-refractivity contribution in [1.29, 1.82) is 0 Å². The SMILES string of the molecule is CCOC(=O)c1ccc(CN2CCC(O)CC2)o1. The van der Waals surface area contributed by atoms with Crippen molar-refractivity contribution >= 4 is 5.97 Å². The van der Waals surface area contributed by atoms with Gasteiger partial charge in [-0.3, -0.25) is 4.90 Å². The van der Waals surface area contributed by atoms with Crippen molar-refractivity contribution in [2.24, 2.45) is 0 Å². The van der Waals surface area contributed by atoms with Crippen LogP contribution in [0.1, 0.15) is 36.1 Å². The predicted molar refractivity (Wildman–Crippen MR) is 65.2 cm³/mol. The summed E-state index contributed by atoms with van der Waals surface area (Å²) in [6.45, 7) is 4.50. The number of aliphatic hydroxyl groups excluding tert-OH is 1. The summed E-state index contributed by atoms with van der Waals surface area (Å²) in [5.41, 5.74) is 0. The lowest BCUT2D eigenvalue weighted by Gasteiger charge is -2.28. The van der Waals surface area contributed by atoms with Crippen molar-refractivity contribution in [3.05, 3.63) is 23.7 Å². The maximum Gasteiger partial charge on any atom is 0.374 e. The Morgan fingerprint density at radius 2 is 2.22 bits per heavy atom.